The number of methoxy groups -OCH3 is 2. The molecule has 4 unspecified atom stereocenters. The molecule has 0 saturated heterocycles. The van der Waals surface area contributed by atoms with Crippen LogP contribution in [0.3, 0.4) is 0 Å². The highest BCUT2D eigenvalue weighted by Crippen LogP contribution is 2.39. The first-order valence-electron chi connectivity index (χ1n) is 9.23. The quantitative estimate of drug-likeness (QED) is 0.558. The Hall–Kier alpha value is -3.68. The van der Waals surface area contributed by atoms with Crippen LogP contribution in [0, 0.1) is 11.8 Å². The highest BCUT2D eigenvalue weighted by Gasteiger charge is 2.55. The molecule has 0 aliphatic carbocycles. The normalized spacial score (nSPS) is 24.6. The second-order valence-electron chi connectivity index (χ2n) is 6.89. The number of ether oxygens (including phenoxy) is 4. The molecule has 2 aliphatic heterocycles. The molecular weight excluding hydrogens is 392 g/mol. The molecule has 4 atom stereocenters. The average molecular weight is 410 g/mol. The van der Waals surface area contributed by atoms with Gasteiger partial charge in [0.15, 0.2) is 35.6 Å². The monoisotopic (exact) mass is 410 g/mol. The van der Waals surface area contributed by atoms with Gasteiger partial charge < -0.3 is 18.9 Å². The Bertz CT molecular complexity index is 959. The first-order chi connectivity index (χ1) is 14.5. The van der Waals surface area contributed by atoms with E-state index in [0.717, 1.165) is 14.2 Å². The molecule has 2 aliphatic rings. The molecule has 30 heavy (non-hydrogen) atoms. The second kappa shape index (κ2) is 7.62. The molecule has 0 bridgehead atoms. The van der Waals surface area contributed by atoms with Gasteiger partial charge in [-0.15, -0.1) is 0 Å². The fourth-order valence-electron chi connectivity index (χ4n) is 3.86. The molecule has 0 amide bonds. The summed E-state index contributed by atoms with van der Waals surface area (Å²) in [6.45, 7) is 0. The van der Waals surface area contributed by atoms with Gasteiger partial charge in [-0.25, -0.2) is 0 Å². The summed E-state index contributed by atoms with van der Waals surface area (Å²) in [6.07, 6.45) is -2.55. The highest BCUT2D eigenvalue weighted by molar-refractivity contribution is 6.13. The van der Waals surface area contributed by atoms with E-state index in [9.17, 15) is 19.2 Å². The lowest BCUT2D eigenvalue weighted by Gasteiger charge is -2.40. The van der Waals surface area contributed by atoms with E-state index in [2.05, 4.69) is 0 Å². The van der Waals surface area contributed by atoms with Gasteiger partial charge in [0.25, 0.3) is 0 Å². The van der Waals surface area contributed by atoms with Gasteiger partial charge in [0.05, 0.1) is 25.3 Å². The third kappa shape index (κ3) is 3.01. The first-order valence-corrected chi connectivity index (χ1v) is 9.23. The molecule has 8 heteroatoms. The number of rotatable bonds is 3. The number of fused-ring (bicyclic) bond motifs is 2. The average Bonchev–Trinajstić information content (AvgIpc) is 2.78. The highest BCUT2D eigenvalue weighted by atomic mass is 16.6. The van der Waals surface area contributed by atoms with E-state index in [0.29, 0.717) is 0 Å². The van der Waals surface area contributed by atoms with Crippen LogP contribution in [0.15, 0.2) is 48.5 Å². The Labute approximate surface area is 171 Å². The van der Waals surface area contributed by atoms with Crippen molar-refractivity contribution in [3.63, 3.8) is 0 Å². The molecule has 2 heterocycles. The molecule has 154 valence electrons. The number of hydrogen-bond acceptors (Lipinski definition) is 8. The molecular formula is C22H18O8. The van der Waals surface area contributed by atoms with Crippen LogP contribution < -0.4 is 9.47 Å². The fourth-order valence-corrected chi connectivity index (χ4v) is 3.86. The number of carbonyl (C=O) groups is 4. The smallest absolute Gasteiger partial charge is 0.320 e. The molecule has 0 saturated carbocycles. The Morgan fingerprint density at radius 1 is 0.700 bits per heavy atom. The number of benzene rings is 2. The van der Waals surface area contributed by atoms with E-state index in [1.165, 1.54) is 12.1 Å². The van der Waals surface area contributed by atoms with Gasteiger partial charge in [-0.05, 0) is 24.3 Å². The van der Waals surface area contributed by atoms with Crippen molar-refractivity contribution < 1.29 is 38.1 Å². The third-order valence-electron chi connectivity index (χ3n) is 5.29. The zero-order valence-electron chi connectivity index (χ0n) is 16.2. The minimum Gasteiger partial charge on any atom is -0.484 e. The number of hydrogen-bond donors (Lipinski definition) is 0. The Kier molecular flexibility index (Phi) is 4.99. The minimum atomic E-state index is -1.42. The van der Waals surface area contributed by atoms with Crippen molar-refractivity contribution >= 4 is 23.5 Å². The molecule has 0 fully saturated rings. The lowest BCUT2D eigenvalue weighted by atomic mass is 9.79. The van der Waals surface area contributed by atoms with Crippen LogP contribution in [0.1, 0.15) is 20.7 Å². The van der Waals surface area contributed by atoms with Crippen molar-refractivity contribution in [3.8, 4) is 11.5 Å². The summed E-state index contributed by atoms with van der Waals surface area (Å²) in [5.74, 6) is -5.15. The summed E-state index contributed by atoms with van der Waals surface area (Å²) in [6, 6.07) is 12.8. The lowest BCUT2D eigenvalue weighted by molar-refractivity contribution is -0.156. The summed E-state index contributed by atoms with van der Waals surface area (Å²) < 4.78 is 21.6. The van der Waals surface area contributed by atoms with Crippen molar-refractivity contribution in [2.45, 2.75) is 12.2 Å². The van der Waals surface area contributed by atoms with Gasteiger partial charge in [0.2, 0.25) is 0 Å². The number of Topliss-reactive ketones (excluding diaryl/α,β-unsaturated/α-hetero) is 2. The maximum Gasteiger partial charge on any atom is 0.320 e. The number of carbonyl (C=O) groups excluding carboxylic acids is 4. The summed E-state index contributed by atoms with van der Waals surface area (Å²) in [5.41, 5.74) is 0.419. The van der Waals surface area contributed by atoms with Crippen molar-refractivity contribution in [2.24, 2.45) is 11.8 Å². The zero-order valence-corrected chi connectivity index (χ0v) is 16.2. The van der Waals surface area contributed by atoms with Gasteiger partial charge >= 0.3 is 11.9 Å². The zero-order chi connectivity index (χ0) is 21.4. The maximum atomic E-state index is 13.1. The van der Waals surface area contributed by atoms with Gasteiger partial charge in [-0.3, -0.25) is 19.2 Å². The fraction of sp³-hybridized carbons (Fsp3) is 0.273. The van der Waals surface area contributed by atoms with Crippen LogP contribution in [0.2, 0.25) is 0 Å². The lowest BCUT2D eigenvalue weighted by Crippen LogP contribution is -2.58. The largest absolute Gasteiger partial charge is 0.484 e. The van der Waals surface area contributed by atoms with E-state index in [1.54, 1.807) is 36.4 Å². The third-order valence-corrected chi connectivity index (χ3v) is 5.29. The van der Waals surface area contributed by atoms with E-state index in [4.69, 9.17) is 18.9 Å². The topological polar surface area (TPSA) is 105 Å². The molecule has 2 aromatic carbocycles. The summed E-state index contributed by atoms with van der Waals surface area (Å²) in [7, 11) is 2.29. The van der Waals surface area contributed by atoms with Crippen molar-refractivity contribution in [1.29, 1.82) is 0 Å². The number of esters is 2. The number of ketones is 2. The Balaban J connectivity index is 1.84. The van der Waals surface area contributed by atoms with Crippen molar-refractivity contribution in [1.82, 2.24) is 0 Å². The van der Waals surface area contributed by atoms with E-state index in [-0.39, 0.29) is 22.6 Å². The van der Waals surface area contributed by atoms with Crippen LogP contribution in [0.5, 0.6) is 11.5 Å². The predicted octanol–water partition coefficient (Wildman–Crippen LogP) is 1.85. The van der Waals surface area contributed by atoms with E-state index >= 15 is 0 Å². The van der Waals surface area contributed by atoms with E-state index in [1.807, 2.05) is 0 Å². The van der Waals surface area contributed by atoms with Crippen LogP contribution >= 0.6 is 0 Å². The Morgan fingerprint density at radius 3 is 1.43 bits per heavy atom. The van der Waals surface area contributed by atoms with Crippen molar-refractivity contribution in [3.05, 3.63) is 59.7 Å². The second-order valence-corrected chi connectivity index (χ2v) is 6.89. The van der Waals surface area contributed by atoms with Crippen LogP contribution in [0.4, 0.5) is 0 Å². The molecule has 4 rings (SSSR count). The molecule has 0 spiro atoms. The molecule has 8 nitrogen and oxygen atoms in total. The van der Waals surface area contributed by atoms with Gasteiger partial charge in [0, 0.05) is 0 Å². The molecule has 0 radical (unpaired) electrons. The SMILES string of the molecule is COC(=O)C1C(=O)c2ccccc2OC1C1Oc2ccccc2C(=O)C1C(=O)OC. The minimum absolute atomic E-state index is 0.210. The van der Waals surface area contributed by atoms with Crippen LogP contribution in [-0.4, -0.2) is 49.9 Å². The van der Waals surface area contributed by atoms with Gasteiger partial charge in [0.1, 0.15) is 11.5 Å². The Morgan fingerprint density at radius 2 is 1.07 bits per heavy atom. The molecule has 0 N–H and O–H groups in total. The van der Waals surface area contributed by atoms with Crippen LogP contribution in [-0.2, 0) is 19.1 Å². The summed E-state index contributed by atoms with van der Waals surface area (Å²) in [5, 5.41) is 0. The van der Waals surface area contributed by atoms with Crippen LogP contribution in [0.25, 0.3) is 0 Å². The summed E-state index contributed by atoms with van der Waals surface area (Å²) >= 11 is 0. The van der Waals surface area contributed by atoms with Gasteiger partial charge in [-0.1, -0.05) is 24.3 Å². The molecule has 0 aromatic heterocycles. The molecule has 2 aromatic rings. The maximum absolute atomic E-state index is 13.1. The first kappa shape index (κ1) is 19.6. The van der Waals surface area contributed by atoms with Crippen molar-refractivity contribution in [2.75, 3.05) is 14.2 Å². The number of para-hydroxylation sites is 2. The standard InChI is InChI=1S/C22H18O8/c1-27-21(25)15-17(23)11-7-3-5-9-13(11)29-19(15)20-16(22(26)28-2)18(24)12-8-4-6-10-14(12)30-20/h3-10,15-16,19-20H,1-2H3. The van der Waals surface area contributed by atoms with E-state index < -0.39 is 47.5 Å². The summed E-state index contributed by atoms with van der Waals surface area (Å²) in [4.78, 5) is 51.3. The van der Waals surface area contributed by atoms with Gasteiger partial charge in [-0.2, -0.15) is 0 Å². The predicted molar refractivity (Wildman–Crippen MR) is 101 cm³/mol.